The van der Waals surface area contributed by atoms with Gasteiger partial charge in [-0.1, -0.05) is 13.3 Å². The molecule has 0 saturated carbocycles. The molecule has 0 N–H and O–H groups in total. The summed E-state index contributed by atoms with van der Waals surface area (Å²) in [6.07, 6.45) is 5.75. The van der Waals surface area contributed by atoms with E-state index in [0.717, 1.165) is 13.0 Å². The van der Waals surface area contributed by atoms with Gasteiger partial charge in [0.05, 0.1) is 6.10 Å². The van der Waals surface area contributed by atoms with E-state index in [-0.39, 0.29) is 0 Å². The Hall–Kier alpha value is -0.0800. The van der Waals surface area contributed by atoms with Crippen molar-refractivity contribution in [2.75, 3.05) is 26.7 Å². The molecule has 0 aliphatic carbocycles. The molecule has 0 aromatic carbocycles. The molecule has 0 spiro atoms. The van der Waals surface area contributed by atoms with Crippen LogP contribution in [-0.2, 0) is 4.74 Å². The number of hydrogen-bond donors (Lipinski definition) is 0. The standard InChI is InChI=1S/C10H21NO/c1-3-10(12-2)9-11-7-5-4-6-8-11/h10H,3-9H2,1-2H3. The Morgan fingerprint density at radius 3 is 2.42 bits per heavy atom. The third-order valence-electron chi connectivity index (χ3n) is 2.70. The van der Waals surface area contributed by atoms with Crippen molar-refractivity contribution in [1.82, 2.24) is 4.90 Å². The molecule has 1 aliphatic rings. The van der Waals surface area contributed by atoms with Crippen molar-refractivity contribution in [2.24, 2.45) is 0 Å². The molecular weight excluding hydrogens is 150 g/mol. The highest BCUT2D eigenvalue weighted by molar-refractivity contribution is 4.68. The lowest BCUT2D eigenvalue weighted by atomic mass is 10.1. The summed E-state index contributed by atoms with van der Waals surface area (Å²) in [6.45, 7) is 5.88. The minimum atomic E-state index is 0.447. The number of piperidine rings is 1. The number of ether oxygens (including phenoxy) is 1. The van der Waals surface area contributed by atoms with Gasteiger partial charge in [0, 0.05) is 13.7 Å². The maximum Gasteiger partial charge on any atom is 0.0695 e. The van der Waals surface area contributed by atoms with Gasteiger partial charge in [0.25, 0.3) is 0 Å². The minimum Gasteiger partial charge on any atom is -0.380 e. The molecule has 0 radical (unpaired) electrons. The number of likely N-dealkylation sites (tertiary alicyclic amines) is 1. The van der Waals surface area contributed by atoms with E-state index in [4.69, 9.17) is 4.74 Å². The fourth-order valence-corrected chi connectivity index (χ4v) is 1.80. The molecular formula is C10H21NO. The quantitative estimate of drug-likeness (QED) is 0.640. The van der Waals surface area contributed by atoms with E-state index >= 15 is 0 Å². The van der Waals surface area contributed by atoms with Crippen LogP contribution >= 0.6 is 0 Å². The maximum absolute atomic E-state index is 5.36. The van der Waals surface area contributed by atoms with E-state index < -0.39 is 0 Å². The summed E-state index contributed by atoms with van der Waals surface area (Å²) in [5, 5.41) is 0. The number of rotatable bonds is 4. The van der Waals surface area contributed by atoms with Gasteiger partial charge in [-0.3, -0.25) is 0 Å². The highest BCUT2D eigenvalue weighted by Crippen LogP contribution is 2.10. The molecule has 1 saturated heterocycles. The molecule has 72 valence electrons. The molecule has 0 amide bonds. The van der Waals surface area contributed by atoms with Gasteiger partial charge in [-0.15, -0.1) is 0 Å². The highest BCUT2D eigenvalue weighted by atomic mass is 16.5. The molecule has 1 heterocycles. The van der Waals surface area contributed by atoms with Crippen molar-refractivity contribution in [3.05, 3.63) is 0 Å². The Bertz CT molecular complexity index is 106. The van der Waals surface area contributed by atoms with Gasteiger partial charge in [-0.25, -0.2) is 0 Å². The van der Waals surface area contributed by atoms with Gasteiger partial charge < -0.3 is 9.64 Å². The Morgan fingerprint density at radius 2 is 1.92 bits per heavy atom. The van der Waals surface area contributed by atoms with E-state index in [0.29, 0.717) is 6.10 Å². The number of nitrogens with zero attached hydrogens (tertiary/aromatic N) is 1. The Balaban J connectivity index is 2.18. The van der Waals surface area contributed by atoms with Crippen LogP contribution in [0.4, 0.5) is 0 Å². The van der Waals surface area contributed by atoms with Crippen LogP contribution in [0, 0.1) is 0 Å². The van der Waals surface area contributed by atoms with Crippen molar-refractivity contribution < 1.29 is 4.74 Å². The summed E-state index contributed by atoms with van der Waals surface area (Å²) in [7, 11) is 1.82. The molecule has 2 nitrogen and oxygen atoms in total. The zero-order valence-corrected chi connectivity index (χ0v) is 8.38. The van der Waals surface area contributed by atoms with Gasteiger partial charge in [0.15, 0.2) is 0 Å². The first-order valence-corrected chi connectivity index (χ1v) is 5.12. The lowest BCUT2D eigenvalue weighted by molar-refractivity contribution is 0.0552. The first-order chi connectivity index (χ1) is 5.86. The summed E-state index contributed by atoms with van der Waals surface area (Å²) >= 11 is 0. The zero-order valence-electron chi connectivity index (χ0n) is 8.38. The predicted octanol–water partition coefficient (Wildman–Crippen LogP) is 1.90. The molecule has 0 aromatic rings. The van der Waals surface area contributed by atoms with E-state index in [9.17, 15) is 0 Å². The van der Waals surface area contributed by atoms with Gasteiger partial charge in [0.1, 0.15) is 0 Å². The topological polar surface area (TPSA) is 12.5 Å². The van der Waals surface area contributed by atoms with Gasteiger partial charge in [0.2, 0.25) is 0 Å². The first-order valence-electron chi connectivity index (χ1n) is 5.12. The molecule has 1 rings (SSSR count). The maximum atomic E-state index is 5.36. The summed E-state index contributed by atoms with van der Waals surface area (Å²) < 4.78 is 5.36. The second-order valence-electron chi connectivity index (χ2n) is 3.63. The average molecular weight is 171 g/mol. The monoisotopic (exact) mass is 171 g/mol. The Morgan fingerprint density at radius 1 is 1.25 bits per heavy atom. The van der Waals surface area contributed by atoms with Crippen LogP contribution in [0.25, 0.3) is 0 Å². The Kier molecular flexibility index (Phi) is 4.62. The van der Waals surface area contributed by atoms with Crippen molar-refractivity contribution in [2.45, 2.75) is 38.7 Å². The molecule has 1 atom stereocenters. The third-order valence-corrected chi connectivity index (χ3v) is 2.70. The van der Waals surface area contributed by atoms with Crippen LogP contribution in [0.2, 0.25) is 0 Å². The van der Waals surface area contributed by atoms with E-state index in [1.165, 1.54) is 32.4 Å². The lowest BCUT2D eigenvalue weighted by Crippen LogP contribution is -2.36. The molecule has 1 unspecified atom stereocenters. The summed E-state index contributed by atoms with van der Waals surface area (Å²) in [4.78, 5) is 2.53. The smallest absolute Gasteiger partial charge is 0.0695 e. The largest absolute Gasteiger partial charge is 0.380 e. The van der Waals surface area contributed by atoms with Gasteiger partial charge >= 0.3 is 0 Å². The van der Waals surface area contributed by atoms with E-state index in [1.807, 2.05) is 7.11 Å². The van der Waals surface area contributed by atoms with Crippen molar-refractivity contribution >= 4 is 0 Å². The Labute approximate surface area is 75.9 Å². The second kappa shape index (κ2) is 5.55. The lowest BCUT2D eigenvalue weighted by Gasteiger charge is -2.29. The van der Waals surface area contributed by atoms with Crippen LogP contribution in [0.1, 0.15) is 32.6 Å². The second-order valence-corrected chi connectivity index (χ2v) is 3.63. The van der Waals surface area contributed by atoms with Crippen molar-refractivity contribution in [3.8, 4) is 0 Å². The van der Waals surface area contributed by atoms with Crippen LogP contribution < -0.4 is 0 Å². The van der Waals surface area contributed by atoms with Crippen LogP contribution in [0.15, 0.2) is 0 Å². The minimum absolute atomic E-state index is 0.447. The summed E-state index contributed by atoms with van der Waals surface area (Å²) in [5.74, 6) is 0. The predicted molar refractivity (Wildman–Crippen MR) is 51.4 cm³/mol. The fourth-order valence-electron chi connectivity index (χ4n) is 1.80. The van der Waals surface area contributed by atoms with Crippen LogP contribution in [0.3, 0.4) is 0 Å². The van der Waals surface area contributed by atoms with Gasteiger partial charge in [-0.05, 0) is 32.4 Å². The van der Waals surface area contributed by atoms with Crippen LogP contribution in [-0.4, -0.2) is 37.7 Å². The first kappa shape index (κ1) is 10.0. The summed E-state index contributed by atoms with van der Waals surface area (Å²) in [5.41, 5.74) is 0. The summed E-state index contributed by atoms with van der Waals surface area (Å²) in [6, 6.07) is 0. The fraction of sp³-hybridized carbons (Fsp3) is 1.00. The SMILES string of the molecule is CCC(CN1CCCCC1)OC. The van der Waals surface area contributed by atoms with Crippen molar-refractivity contribution in [3.63, 3.8) is 0 Å². The van der Waals surface area contributed by atoms with E-state index in [2.05, 4.69) is 11.8 Å². The normalized spacial score (nSPS) is 22.5. The highest BCUT2D eigenvalue weighted by Gasteiger charge is 2.14. The zero-order chi connectivity index (χ0) is 8.81. The molecule has 1 fully saturated rings. The number of hydrogen-bond acceptors (Lipinski definition) is 2. The molecule has 12 heavy (non-hydrogen) atoms. The molecule has 0 aromatic heterocycles. The van der Waals surface area contributed by atoms with Gasteiger partial charge in [-0.2, -0.15) is 0 Å². The van der Waals surface area contributed by atoms with Crippen molar-refractivity contribution in [1.29, 1.82) is 0 Å². The molecule has 2 heteroatoms. The molecule has 1 aliphatic heterocycles. The molecule has 0 bridgehead atoms. The average Bonchev–Trinajstić information content (AvgIpc) is 2.16. The van der Waals surface area contributed by atoms with Crippen LogP contribution in [0.5, 0.6) is 0 Å². The number of methoxy groups -OCH3 is 1. The third kappa shape index (κ3) is 3.11. The van der Waals surface area contributed by atoms with E-state index in [1.54, 1.807) is 0 Å².